The third-order valence-corrected chi connectivity index (χ3v) is 5.95. The summed E-state index contributed by atoms with van der Waals surface area (Å²) in [5, 5.41) is 5.89. The highest BCUT2D eigenvalue weighted by Crippen LogP contribution is 2.26. The van der Waals surface area contributed by atoms with E-state index in [-0.39, 0.29) is 42.7 Å². The van der Waals surface area contributed by atoms with Crippen molar-refractivity contribution in [2.75, 3.05) is 39.3 Å². The molecule has 3 rings (SSSR count). The van der Waals surface area contributed by atoms with Gasteiger partial charge in [0.1, 0.15) is 0 Å². The molecule has 0 aromatic carbocycles. The van der Waals surface area contributed by atoms with Crippen molar-refractivity contribution < 1.29 is 14.4 Å². The summed E-state index contributed by atoms with van der Waals surface area (Å²) >= 11 is 0. The van der Waals surface area contributed by atoms with E-state index in [1.165, 1.54) is 19.3 Å². The zero-order chi connectivity index (χ0) is 18.4. The second kappa shape index (κ2) is 10.9. The van der Waals surface area contributed by atoms with Crippen molar-refractivity contribution in [3.8, 4) is 0 Å². The molecule has 2 heterocycles. The number of piperidine rings is 1. The minimum Gasteiger partial charge on any atom is -0.347 e. The Hall–Kier alpha value is -1.34. The number of likely N-dealkylation sites (tertiary alicyclic amines) is 1. The lowest BCUT2D eigenvalue weighted by molar-refractivity contribution is -0.140. The number of amides is 3. The number of nitrogens with one attached hydrogen (secondary N) is 2. The molecule has 0 aromatic rings. The number of halogens is 1. The number of rotatable bonds is 5. The molecule has 0 radical (unpaired) electrons. The van der Waals surface area contributed by atoms with E-state index in [0.717, 1.165) is 32.2 Å². The van der Waals surface area contributed by atoms with Crippen LogP contribution in [0.5, 0.6) is 0 Å². The van der Waals surface area contributed by atoms with Crippen LogP contribution < -0.4 is 10.6 Å². The fourth-order valence-corrected chi connectivity index (χ4v) is 4.45. The minimum atomic E-state index is -0.0331. The van der Waals surface area contributed by atoms with Crippen LogP contribution in [0.4, 0.5) is 0 Å². The van der Waals surface area contributed by atoms with Gasteiger partial charge in [0.2, 0.25) is 17.7 Å². The van der Waals surface area contributed by atoms with Crippen LogP contribution in [0.3, 0.4) is 0 Å². The molecule has 1 aliphatic carbocycles. The molecule has 2 aliphatic heterocycles. The Morgan fingerprint density at radius 1 is 1.07 bits per heavy atom. The van der Waals surface area contributed by atoms with Crippen molar-refractivity contribution >= 4 is 30.1 Å². The van der Waals surface area contributed by atoms with Crippen LogP contribution in [-0.2, 0) is 14.4 Å². The molecule has 27 heavy (non-hydrogen) atoms. The maximum atomic E-state index is 12.5. The third kappa shape index (κ3) is 6.35. The first-order valence-electron chi connectivity index (χ1n) is 10.2. The summed E-state index contributed by atoms with van der Waals surface area (Å²) in [5.74, 6) is 0.568. The van der Waals surface area contributed by atoms with Crippen LogP contribution >= 0.6 is 12.4 Å². The van der Waals surface area contributed by atoms with Gasteiger partial charge in [-0.2, -0.15) is 0 Å². The molecule has 3 fully saturated rings. The maximum absolute atomic E-state index is 12.5. The van der Waals surface area contributed by atoms with Gasteiger partial charge in [-0.25, -0.2) is 0 Å². The van der Waals surface area contributed by atoms with Gasteiger partial charge in [0.15, 0.2) is 0 Å². The molecule has 7 nitrogen and oxygen atoms in total. The zero-order valence-electron chi connectivity index (χ0n) is 16.1. The van der Waals surface area contributed by atoms with Crippen molar-refractivity contribution in [1.29, 1.82) is 0 Å². The topological polar surface area (TPSA) is 81.8 Å². The molecule has 3 amide bonds. The smallest absolute Gasteiger partial charge is 0.242 e. The molecule has 0 bridgehead atoms. The predicted octanol–water partition coefficient (Wildman–Crippen LogP) is 0.918. The van der Waals surface area contributed by atoms with Gasteiger partial charge in [0.25, 0.3) is 0 Å². The SMILES string of the molecule is Cl.O=C(CC1CCCCC1)NCC(=O)N1CCCC(N2CCNCC2=O)C1. The minimum absolute atomic E-state index is 0. The molecule has 3 aliphatic rings. The van der Waals surface area contributed by atoms with E-state index in [1.54, 1.807) is 0 Å². The summed E-state index contributed by atoms with van der Waals surface area (Å²) in [6, 6.07) is 0.111. The standard InChI is InChI=1S/C19H32N4O3.ClH/c24-17(11-15-5-2-1-3-6-15)21-13-18(25)22-9-4-7-16(14-22)23-10-8-20-12-19(23)26;/h15-16,20H,1-14H2,(H,21,24);1H. The number of carbonyl (C=O) groups is 3. The monoisotopic (exact) mass is 400 g/mol. The molecule has 1 atom stereocenters. The summed E-state index contributed by atoms with van der Waals surface area (Å²) in [4.78, 5) is 40.4. The van der Waals surface area contributed by atoms with E-state index in [9.17, 15) is 14.4 Å². The summed E-state index contributed by atoms with van der Waals surface area (Å²) in [6.07, 6.45) is 8.38. The molecule has 0 aromatic heterocycles. The summed E-state index contributed by atoms with van der Waals surface area (Å²) in [6.45, 7) is 3.30. The van der Waals surface area contributed by atoms with Crippen LogP contribution in [0.1, 0.15) is 51.4 Å². The molecule has 1 saturated carbocycles. The predicted molar refractivity (Wildman–Crippen MR) is 106 cm³/mol. The summed E-state index contributed by atoms with van der Waals surface area (Å²) in [5.41, 5.74) is 0. The fourth-order valence-electron chi connectivity index (χ4n) is 4.45. The van der Waals surface area contributed by atoms with Gasteiger partial charge in [0.05, 0.1) is 13.1 Å². The van der Waals surface area contributed by atoms with Gasteiger partial charge in [-0.05, 0) is 31.6 Å². The normalized spacial score (nSPS) is 24.3. The van der Waals surface area contributed by atoms with Gasteiger partial charge in [-0.15, -0.1) is 12.4 Å². The number of hydrogen-bond acceptors (Lipinski definition) is 4. The molecular formula is C19H33ClN4O3. The Morgan fingerprint density at radius 2 is 1.85 bits per heavy atom. The van der Waals surface area contributed by atoms with Crippen LogP contribution in [0.15, 0.2) is 0 Å². The average molecular weight is 401 g/mol. The van der Waals surface area contributed by atoms with Crippen molar-refractivity contribution in [3.05, 3.63) is 0 Å². The Bertz CT molecular complexity index is 525. The van der Waals surface area contributed by atoms with Crippen molar-refractivity contribution in [1.82, 2.24) is 20.4 Å². The Kier molecular flexibility index (Phi) is 8.83. The highest BCUT2D eigenvalue weighted by atomic mass is 35.5. The molecular weight excluding hydrogens is 368 g/mol. The van der Waals surface area contributed by atoms with Crippen LogP contribution in [-0.4, -0.2) is 72.8 Å². The quantitative estimate of drug-likeness (QED) is 0.719. The first kappa shape index (κ1) is 22.0. The molecule has 2 N–H and O–H groups in total. The number of carbonyl (C=O) groups excluding carboxylic acids is 3. The second-order valence-electron chi connectivity index (χ2n) is 7.88. The lowest BCUT2D eigenvalue weighted by Crippen LogP contribution is -2.58. The number of nitrogens with zero attached hydrogens (tertiary/aromatic N) is 2. The molecule has 1 unspecified atom stereocenters. The van der Waals surface area contributed by atoms with E-state index < -0.39 is 0 Å². The van der Waals surface area contributed by atoms with Crippen LogP contribution in [0, 0.1) is 5.92 Å². The Labute approximate surface area is 168 Å². The van der Waals surface area contributed by atoms with Gasteiger partial charge >= 0.3 is 0 Å². The summed E-state index contributed by atoms with van der Waals surface area (Å²) in [7, 11) is 0. The van der Waals surface area contributed by atoms with E-state index in [0.29, 0.717) is 38.5 Å². The Morgan fingerprint density at radius 3 is 2.59 bits per heavy atom. The lowest BCUT2D eigenvalue weighted by Gasteiger charge is -2.41. The average Bonchev–Trinajstić information content (AvgIpc) is 2.67. The lowest BCUT2D eigenvalue weighted by atomic mass is 9.87. The van der Waals surface area contributed by atoms with E-state index in [2.05, 4.69) is 10.6 Å². The van der Waals surface area contributed by atoms with Gasteiger partial charge < -0.3 is 20.4 Å². The van der Waals surface area contributed by atoms with Gasteiger partial charge in [-0.3, -0.25) is 14.4 Å². The fraction of sp³-hybridized carbons (Fsp3) is 0.842. The highest BCUT2D eigenvalue weighted by molar-refractivity contribution is 5.85. The van der Waals surface area contributed by atoms with Crippen molar-refractivity contribution in [2.45, 2.75) is 57.4 Å². The maximum Gasteiger partial charge on any atom is 0.242 e. The second-order valence-corrected chi connectivity index (χ2v) is 7.88. The number of hydrogen-bond donors (Lipinski definition) is 2. The van der Waals surface area contributed by atoms with Gasteiger partial charge in [0, 0.05) is 38.6 Å². The largest absolute Gasteiger partial charge is 0.347 e. The summed E-state index contributed by atoms with van der Waals surface area (Å²) < 4.78 is 0. The third-order valence-electron chi connectivity index (χ3n) is 5.95. The number of piperazine rings is 1. The molecule has 154 valence electrons. The van der Waals surface area contributed by atoms with Crippen LogP contribution in [0.2, 0.25) is 0 Å². The first-order chi connectivity index (χ1) is 12.6. The molecule has 8 heteroatoms. The molecule has 2 saturated heterocycles. The molecule has 0 spiro atoms. The van der Waals surface area contributed by atoms with Crippen molar-refractivity contribution in [3.63, 3.8) is 0 Å². The van der Waals surface area contributed by atoms with E-state index in [1.807, 2.05) is 9.80 Å². The Balaban J connectivity index is 0.00000261. The van der Waals surface area contributed by atoms with Gasteiger partial charge in [-0.1, -0.05) is 19.3 Å². The van der Waals surface area contributed by atoms with Crippen molar-refractivity contribution in [2.24, 2.45) is 5.92 Å². The zero-order valence-corrected chi connectivity index (χ0v) is 16.9. The van der Waals surface area contributed by atoms with Crippen LogP contribution in [0.25, 0.3) is 0 Å². The highest BCUT2D eigenvalue weighted by Gasteiger charge is 2.31. The first-order valence-corrected chi connectivity index (χ1v) is 10.2. The van der Waals surface area contributed by atoms with E-state index >= 15 is 0 Å². The van der Waals surface area contributed by atoms with E-state index in [4.69, 9.17) is 0 Å².